The van der Waals surface area contributed by atoms with Crippen LogP contribution >= 0.6 is 0 Å². The van der Waals surface area contributed by atoms with Crippen molar-refractivity contribution in [1.82, 2.24) is 4.90 Å². The third kappa shape index (κ3) is 3.72. The number of hydrogen-bond acceptors (Lipinski definition) is 3. The lowest BCUT2D eigenvalue weighted by atomic mass is 9.84. The van der Waals surface area contributed by atoms with Gasteiger partial charge in [0.1, 0.15) is 5.82 Å². The molecular weight excluding hydrogens is 295 g/mol. The number of amides is 1. The Bertz CT molecular complexity index is 570. The van der Waals surface area contributed by atoms with Gasteiger partial charge in [-0.15, -0.1) is 0 Å². The number of ether oxygens (including phenoxy) is 1. The standard InChI is InChI=1S/C18H25FN2O2/c1-12-2-3-16(19)14(10-12)11-21-7-4-13(5-8-21)17-15(18(20)22)6-9-23-17/h2-3,10,13,15,17H,4-9,11H2,1H3,(H2,20,22)/t15-,17+/m0/s1. The molecule has 0 spiro atoms. The van der Waals surface area contributed by atoms with Crippen LogP contribution in [0.3, 0.4) is 0 Å². The molecule has 2 atom stereocenters. The molecule has 0 aromatic heterocycles. The number of benzene rings is 1. The van der Waals surface area contributed by atoms with E-state index in [4.69, 9.17) is 10.5 Å². The van der Waals surface area contributed by atoms with Gasteiger partial charge in [-0.1, -0.05) is 17.7 Å². The fraction of sp³-hybridized carbons (Fsp3) is 0.611. The van der Waals surface area contributed by atoms with Crippen molar-refractivity contribution in [1.29, 1.82) is 0 Å². The first kappa shape index (κ1) is 16.4. The molecule has 2 aliphatic rings. The van der Waals surface area contributed by atoms with E-state index in [1.165, 1.54) is 0 Å². The van der Waals surface area contributed by atoms with Gasteiger partial charge in [0.25, 0.3) is 0 Å². The van der Waals surface area contributed by atoms with Crippen molar-refractivity contribution in [3.8, 4) is 0 Å². The van der Waals surface area contributed by atoms with Crippen LogP contribution < -0.4 is 5.73 Å². The third-order valence-electron chi connectivity index (χ3n) is 5.19. The molecule has 0 unspecified atom stereocenters. The highest BCUT2D eigenvalue weighted by atomic mass is 19.1. The minimum absolute atomic E-state index is 0.0228. The Hall–Kier alpha value is -1.46. The fourth-order valence-corrected chi connectivity index (χ4v) is 3.89. The number of primary amides is 1. The smallest absolute Gasteiger partial charge is 0.223 e. The Morgan fingerprint density at radius 1 is 1.35 bits per heavy atom. The van der Waals surface area contributed by atoms with Crippen molar-refractivity contribution in [3.63, 3.8) is 0 Å². The van der Waals surface area contributed by atoms with Gasteiger partial charge < -0.3 is 10.5 Å². The maximum atomic E-state index is 13.9. The van der Waals surface area contributed by atoms with Gasteiger partial charge in [-0.25, -0.2) is 4.39 Å². The van der Waals surface area contributed by atoms with E-state index in [1.54, 1.807) is 12.1 Å². The second-order valence-electron chi connectivity index (χ2n) is 6.84. The van der Waals surface area contributed by atoms with Gasteiger partial charge in [-0.2, -0.15) is 0 Å². The molecule has 1 aromatic rings. The topological polar surface area (TPSA) is 55.6 Å². The van der Waals surface area contributed by atoms with Crippen LogP contribution in [0.5, 0.6) is 0 Å². The van der Waals surface area contributed by atoms with Crippen molar-refractivity contribution in [3.05, 3.63) is 35.1 Å². The van der Waals surface area contributed by atoms with E-state index in [0.29, 0.717) is 19.1 Å². The molecule has 2 N–H and O–H groups in total. The maximum absolute atomic E-state index is 13.9. The summed E-state index contributed by atoms with van der Waals surface area (Å²) in [6.45, 7) is 5.07. The SMILES string of the molecule is Cc1ccc(F)c(CN2CCC([C@H]3OCC[C@@H]3C(N)=O)CC2)c1. The Balaban J connectivity index is 1.56. The number of piperidine rings is 1. The van der Waals surface area contributed by atoms with Crippen LogP contribution in [0.4, 0.5) is 4.39 Å². The van der Waals surface area contributed by atoms with Crippen molar-refractivity contribution >= 4 is 5.91 Å². The highest BCUT2D eigenvalue weighted by molar-refractivity contribution is 5.77. The quantitative estimate of drug-likeness (QED) is 0.925. The second-order valence-corrected chi connectivity index (χ2v) is 6.84. The highest BCUT2D eigenvalue weighted by Gasteiger charge is 2.39. The number of hydrogen-bond donors (Lipinski definition) is 1. The first-order valence-corrected chi connectivity index (χ1v) is 8.43. The summed E-state index contributed by atoms with van der Waals surface area (Å²) < 4.78 is 19.7. The predicted molar refractivity (Wildman–Crippen MR) is 86.2 cm³/mol. The van der Waals surface area contributed by atoms with Crippen molar-refractivity contribution in [2.24, 2.45) is 17.6 Å². The molecule has 3 rings (SSSR count). The van der Waals surface area contributed by atoms with Crippen LogP contribution in [0.2, 0.25) is 0 Å². The van der Waals surface area contributed by atoms with Gasteiger partial charge >= 0.3 is 0 Å². The van der Waals surface area contributed by atoms with E-state index in [1.807, 2.05) is 13.0 Å². The summed E-state index contributed by atoms with van der Waals surface area (Å²) in [6, 6.07) is 5.26. The molecule has 0 radical (unpaired) electrons. The van der Waals surface area contributed by atoms with Gasteiger partial charge in [0.05, 0.1) is 12.0 Å². The van der Waals surface area contributed by atoms with Gasteiger partial charge in [0.15, 0.2) is 0 Å². The molecule has 0 saturated carbocycles. The molecule has 5 heteroatoms. The molecule has 126 valence electrons. The zero-order chi connectivity index (χ0) is 16.4. The lowest BCUT2D eigenvalue weighted by molar-refractivity contribution is -0.124. The van der Waals surface area contributed by atoms with Crippen LogP contribution in [0.15, 0.2) is 18.2 Å². The summed E-state index contributed by atoms with van der Waals surface area (Å²) in [6.07, 6.45) is 2.67. The molecule has 2 aliphatic heterocycles. The van der Waals surface area contributed by atoms with Gasteiger partial charge in [0.2, 0.25) is 5.91 Å². The summed E-state index contributed by atoms with van der Waals surface area (Å²) in [5.74, 6) is -0.128. The van der Waals surface area contributed by atoms with Gasteiger partial charge in [0, 0.05) is 18.7 Å². The number of nitrogens with two attached hydrogens (primary N) is 1. The largest absolute Gasteiger partial charge is 0.377 e. The normalized spacial score (nSPS) is 26.5. The van der Waals surface area contributed by atoms with Gasteiger partial charge in [-0.05, 0) is 51.3 Å². The average molecular weight is 320 g/mol. The van der Waals surface area contributed by atoms with Crippen molar-refractivity contribution < 1.29 is 13.9 Å². The third-order valence-corrected chi connectivity index (χ3v) is 5.19. The Morgan fingerprint density at radius 3 is 2.78 bits per heavy atom. The van der Waals surface area contributed by atoms with E-state index in [0.717, 1.165) is 43.5 Å². The Morgan fingerprint density at radius 2 is 2.09 bits per heavy atom. The second kappa shape index (κ2) is 6.97. The van der Waals surface area contributed by atoms with E-state index in [9.17, 15) is 9.18 Å². The minimum atomic E-state index is -0.239. The molecule has 2 saturated heterocycles. The summed E-state index contributed by atoms with van der Waals surface area (Å²) in [7, 11) is 0. The number of carbonyl (C=O) groups excluding carboxylic acids is 1. The predicted octanol–water partition coefficient (Wildman–Crippen LogP) is 2.24. The van der Waals surface area contributed by atoms with Crippen LogP contribution in [-0.4, -0.2) is 36.6 Å². The maximum Gasteiger partial charge on any atom is 0.223 e. The number of aryl methyl sites for hydroxylation is 1. The summed E-state index contributed by atoms with van der Waals surface area (Å²) in [5, 5.41) is 0. The van der Waals surface area contributed by atoms with E-state index < -0.39 is 0 Å². The number of rotatable bonds is 4. The van der Waals surface area contributed by atoms with Crippen LogP contribution in [-0.2, 0) is 16.1 Å². The molecule has 0 bridgehead atoms. The molecule has 1 amide bonds. The summed E-state index contributed by atoms with van der Waals surface area (Å²) in [4.78, 5) is 13.8. The van der Waals surface area contributed by atoms with Crippen molar-refractivity contribution in [2.45, 2.75) is 38.8 Å². The number of halogens is 1. The summed E-state index contributed by atoms with van der Waals surface area (Å²) in [5.41, 5.74) is 7.33. The monoisotopic (exact) mass is 320 g/mol. The minimum Gasteiger partial charge on any atom is -0.377 e. The van der Waals surface area contributed by atoms with Crippen molar-refractivity contribution in [2.75, 3.05) is 19.7 Å². The number of likely N-dealkylation sites (tertiary alicyclic amines) is 1. The molecule has 23 heavy (non-hydrogen) atoms. The van der Waals surface area contributed by atoms with Crippen LogP contribution in [0, 0.1) is 24.6 Å². The first-order chi connectivity index (χ1) is 11.0. The molecular formula is C18H25FN2O2. The van der Waals surface area contributed by atoms with E-state index >= 15 is 0 Å². The lowest BCUT2D eigenvalue weighted by Gasteiger charge is -2.35. The fourth-order valence-electron chi connectivity index (χ4n) is 3.89. The lowest BCUT2D eigenvalue weighted by Crippen LogP contribution is -2.42. The molecule has 0 aliphatic carbocycles. The van der Waals surface area contributed by atoms with E-state index in [-0.39, 0.29) is 23.7 Å². The Labute approximate surface area is 136 Å². The first-order valence-electron chi connectivity index (χ1n) is 8.43. The molecule has 4 nitrogen and oxygen atoms in total. The van der Waals surface area contributed by atoms with Crippen LogP contribution in [0.1, 0.15) is 30.4 Å². The van der Waals surface area contributed by atoms with E-state index in [2.05, 4.69) is 4.90 Å². The zero-order valence-electron chi connectivity index (χ0n) is 13.6. The molecule has 1 aromatic carbocycles. The Kier molecular flexibility index (Phi) is 4.97. The highest BCUT2D eigenvalue weighted by Crippen LogP contribution is 2.33. The van der Waals surface area contributed by atoms with Gasteiger partial charge in [-0.3, -0.25) is 9.69 Å². The molecule has 2 heterocycles. The molecule has 2 fully saturated rings. The zero-order valence-corrected chi connectivity index (χ0v) is 13.6. The summed E-state index contributed by atoms with van der Waals surface area (Å²) >= 11 is 0. The average Bonchev–Trinajstić information content (AvgIpc) is 3.01. The van der Waals surface area contributed by atoms with Crippen LogP contribution in [0.25, 0.3) is 0 Å². The number of carbonyl (C=O) groups is 1. The number of nitrogens with zero attached hydrogens (tertiary/aromatic N) is 1.